The van der Waals surface area contributed by atoms with Gasteiger partial charge in [-0.15, -0.1) is 0 Å². The first-order valence-corrected chi connectivity index (χ1v) is 9.41. The van der Waals surface area contributed by atoms with Gasteiger partial charge in [0.15, 0.2) is 0 Å². The Labute approximate surface area is 171 Å². The molecule has 0 aliphatic carbocycles. The third-order valence-corrected chi connectivity index (χ3v) is 4.38. The standard InChI is InChI=1S/C22H28N2O5/c1-14(2)10-11-29-18-8-6-16(7-9-18)21(25)23-24-22(26)17-12-19(27-4)15(3)20(13-17)28-5/h6-9,12-14H,10-11H2,1-5H3,(H,23,25)(H,24,26). The number of ether oxygens (including phenoxy) is 3. The van der Waals surface area contributed by atoms with Gasteiger partial charge in [0.1, 0.15) is 17.2 Å². The van der Waals surface area contributed by atoms with Crippen molar-refractivity contribution in [2.45, 2.75) is 27.2 Å². The van der Waals surface area contributed by atoms with Crippen molar-refractivity contribution < 1.29 is 23.8 Å². The van der Waals surface area contributed by atoms with Crippen molar-refractivity contribution in [3.8, 4) is 17.2 Å². The van der Waals surface area contributed by atoms with E-state index in [1.165, 1.54) is 14.2 Å². The van der Waals surface area contributed by atoms with E-state index in [-0.39, 0.29) is 0 Å². The molecule has 2 rings (SSSR count). The van der Waals surface area contributed by atoms with Crippen LogP contribution in [0.25, 0.3) is 0 Å². The van der Waals surface area contributed by atoms with Gasteiger partial charge in [0, 0.05) is 16.7 Å². The molecule has 7 nitrogen and oxygen atoms in total. The van der Waals surface area contributed by atoms with Crippen LogP contribution in [0.2, 0.25) is 0 Å². The van der Waals surface area contributed by atoms with Crippen molar-refractivity contribution in [3.05, 3.63) is 53.1 Å². The minimum absolute atomic E-state index is 0.304. The summed E-state index contributed by atoms with van der Waals surface area (Å²) in [5, 5.41) is 0. The van der Waals surface area contributed by atoms with Gasteiger partial charge in [-0.2, -0.15) is 0 Å². The second kappa shape index (κ2) is 10.4. The smallest absolute Gasteiger partial charge is 0.269 e. The van der Waals surface area contributed by atoms with Crippen molar-refractivity contribution in [2.24, 2.45) is 5.92 Å². The number of benzene rings is 2. The molecule has 2 N–H and O–H groups in total. The summed E-state index contributed by atoms with van der Waals surface area (Å²) in [6.07, 6.45) is 0.961. The van der Waals surface area contributed by atoms with Gasteiger partial charge in [-0.05, 0) is 55.7 Å². The van der Waals surface area contributed by atoms with Crippen LogP contribution < -0.4 is 25.1 Å². The van der Waals surface area contributed by atoms with E-state index in [0.29, 0.717) is 40.9 Å². The zero-order valence-corrected chi connectivity index (χ0v) is 17.5. The monoisotopic (exact) mass is 400 g/mol. The van der Waals surface area contributed by atoms with Crippen LogP contribution in [-0.4, -0.2) is 32.6 Å². The van der Waals surface area contributed by atoms with Gasteiger partial charge >= 0.3 is 0 Å². The van der Waals surface area contributed by atoms with Crippen LogP contribution in [0, 0.1) is 12.8 Å². The summed E-state index contributed by atoms with van der Waals surface area (Å²) in [5.41, 5.74) is 6.29. The highest BCUT2D eigenvalue weighted by molar-refractivity contribution is 5.99. The lowest BCUT2D eigenvalue weighted by Crippen LogP contribution is -2.41. The normalized spacial score (nSPS) is 10.4. The zero-order chi connectivity index (χ0) is 21.4. The maximum absolute atomic E-state index is 12.4. The summed E-state index contributed by atoms with van der Waals surface area (Å²) in [6, 6.07) is 9.92. The average Bonchev–Trinajstić information content (AvgIpc) is 2.72. The highest BCUT2D eigenvalue weighted by Crippen LogP contribution is 2.29. The van der Waals surface area contributed by atoms with Crippen molar-refractivity contribution in [2.75, 3.05) is 20.8 Å². The Hall–Kier alpha value is -3.22. The molecule has 0 saturated heterocycles. The van der Waals surface area contributed by atoms with E-state index in [2.05, 4.69) is 24.7 Å². The van der Waals surface area contributed by atoms with E-state index in [1.54, 1.807) is 36.4 Å². The van der Waals surface area contributed by atoms with E-state index in [9.17, 15) is 9.59 Å². The van der Waals surface area contributed by atoms with Gasteiger partial charge in [-0.25, -0.2) is 0 Å². The zero-order valence-electron chi connectivity index (χ0n) is 17.5. The van der Waals surface area contributed by atoms with Gasteiger partial charge in [-0.3, -0.25) is 20.4 Å². The van der Waals surface area contributed by atoms with Crippen LogP contribution >= 0.6 is 0 Å². The quantitative estimate of drug-likeness (QED) is 0.663. The first-order valence-electron chi connectivity index (χ1n) is 9.41. The van der Waals surface area contributed by atoms with Gasteiger partial charge in [0.2, 0.25) is 0 Å². The molecule has 0 heterocycles. The van der Waals surface area contributed by atoms with E-state index in [0.717, 1.165) is 12.0 Å². The Balaban J connectivity index is 1.95. The summed E-state index contributed by atoms with van der Waals surface area (Å²) >= 11 is 0. The second-order valence-corrected chi connectivity index (χ2v) is 6.97. The maximum atomic E-state index is 12.4. The Bertz CT molecular complexity index is 822. The van der Waals surface area contributed by atoms with Crippen LogP contribution in [0.4, 0.5) is 0 Å². The van der Waals surface area contributed by atoms with Crippen LogP contribution in [0.1, 0.15) is 46.5 Å². The Kier molecular flexibility index (Phi) is 7.88. The fraction of sp³-hybridized carbons (Fsp3) is 0.364. The Morgan fingerprint density at radius 2 is 1.41 bits per heavy atom. The lowest BCUT2D eigenvalue weighted by molar-refractivity contribution is 0.0846. The lowest BCUT2D eigenvalue weighted by Gasteiger charge is -2.13. The minimum Gasteiger partial charge on any atom is -0.496 e. The van der Waals surface area contributed by atoms with Crippen LogP contribution in [0.5, 0.6) is 17.2 Å². The van der Waals surface area contributed by atoms with Crippen LogP contribution in [0.15, 0.2) is 36.4 Å². The number of nitrogens with one attached hydrogen (secondary N) is 2. The molecule has 7 heteroatoms. The summed E-state index contributed by atoms with van der Waals surface area (Å²) in [7, 11) is 3.03. The van der Waals surface area contributed by atoms with Gasteiger partial charge in [0.25, 0.3) is 11.8 Å². The Morgan fingerprint density at radius 3 is 1.90 bits per heavy atom. The van der Waals surface area contributed by atoms with Crippen molar-refractivity contribution in [3.63, 3.8) is 0 Å². The van der Waals surface area contributed by atoms with E-state index in [1.807, 2.05) is 6.92 Å². The molecular formula is C22H28N2O5. The highest BCUT2D eigenvalue weighted by atomic mass is 16.5. The lowest BCUT2D eigenvalue weighted by atomic mass is 10.1. The first kappa shape index (κ1) is 22.1. The number of hydrazine groups is 1. The molecule has 2 amide bonds. The Morgan fingerprint density at radius 1 is 0.897 bits per heavy atom. The van der Waals surface area contributed by atoms with Crippen LogP contribution in [-0.2, 0) is 0 Å². The average molecular weight is 400 g/mol. The fourth-order valence-electron chi connectivity index (χ4n) is 2.59. The highest BCUT2D eigenvalue weighted by Gasteiger charge is 2.14. The molecule has 0 spiro atoms. The molecule has 156 valence electrons. The topological polar surface area (TPSA) is 85.9 Å². The SMILES string of the molecule is COc1cc(C(=O)NNC(=O)c2ccc(OCCC(C)C)cc2)cc(OC)c1C. The molecule has 2 aromatic carbocycles. The predicted octanol–water partition coefficient (Wildman–Crippen LogP) is 3.51. The third-order valence-electron chi connectivity index (χ3n) is 4.38. The number of hydrogen-bond donors (Lipinski definition) is 2. The molecule has 0 radical (unpaired) electrons. The molecule has 0 aromatic heterocycles. The summed E-state index contributed by atoms with van der Waals surface area (Å²) in [5.74, 6) is 1.40. The number of carbonyl (C=O) groups is 2. The molecule has 0 bridgehead atoms. The molecule has 0 aliphatic heterocycles. The molecule has 0 aliphatic rings. The minimum atomic E-state index is -0.483. The molecule has 29 heavy (non-hydrogen) atoms. The predicted molar refractivity (Wildman–Crippen MR) is 111 cm³/mol. The molecular weight excluding hydrogens is 372 g/mol. The largest absolute Gasteiger partial charge is 0.496 e. The maximum Gasteiger partial charge on any atom is 0.269 e. The first-order chi connectivity index (χ1) is 13.8. The number of hydrogen-bond acceptors (Lipinski definition) is 5. The molecule has 0 saturated carbocycles. The summed E-state index contributed by atoms with van der Waals surface area (Å²) < 4.78 is 16.2. The fourth-order valence-corrected chi connectivity index (χ4v) is 2.59. The van der Waals surface area contributed by atoms with Gasteiger partial charge in [0.05, 0.1) is 20.8 Å². The summed E-state index contributed by atoms with van der Waals surface area (Å²) in [6.45, 7) is 6.72. The third kappa shape index (κ3) is 6.14. The number of rotatable bonds is 8. The molecule has 0 atom stereocenters. The van der Waals surface area contributed by atoms with Crippen LogP contribution in [0.3, 0.4) is 0 Å². The molecule has 0 unspecified atom stereocenters. The van der Waals surface area contributed by atoms with E-state index in [4.69, 9.17) is 14.2 Å². The summed E-state index contributed by atoms with van der Waals surface area (Å²) in [4.78, 5) is 24.7. The van der Waals surface area contributed by atoms with E-state index >= 15 is 0 Å². The van der Waals surface area contributed by atoms with Gasteiger partial charge in [-0.1, -0.05) is 13.8 Å². The van der Waals surface area contributed by atoms with E-state index < -0.39 is 11.8 Å². The molecule has 0 fully saturated rings. The van der Waals surface area contributed by atoms with Gasteiger partial charge < -0.3 is 14.2 Å². The molecule has 2 aromatic rings. The number of amides is 2. The van der Waals surface area contributed by atoms with Crippen molar-refractivity contribution >= 4 is 11.8 Å². The number of carbonyl (C=O) groups excluding carboxylic acids is 2. The van der Waals surface area contributed by atoms with Crippen molar-refractivity contribution in [1.82, 2.24) is 10.9 Å². The van der Waals surface area contributed by atoms with Crippen molar-refractivity contribution in [1.29, 1.82) is 0 Å². The number of methoxy groups -OCH3 is 2. The second-order valence-electron chi connectivity index (χ2n) is 6.97.